The molecule has 0 unspecified atom stereocenters. The number of benzene rings is 1. The number of nitrogens with zero attached hydrogens (tertiary/aromatic N) is 3. The van der Waals surface area contributed by atoms with E-state index in [1.807, 2.05) is 24.3 Å². The number of carbonyl (C=O) groups is 1. The van der Waals surface area contributed by atoms with Crippen molar-refractivity contribution in [2.45, 2.75) is 26.3 Å². The predicted octanol–water partition coefficient (Wildman–Crippen LogP) is 4.71. The number of aryl methyl sites for hydroxylation is 1. The highest BCUT2D eigenvalue weighted by Gasteiger charge is 2.14. The van der Waals surface area contributed by atoms with Crippen LogP contribution in [-0.4, -0.2) is 20.7 Å². The zero-order valence-electron chi connectivity index (χ0n) is 13.2. The highest BCUT2D eigenvalue weighted by Crippen LogP contribution is 2.25. The van der Waals surface area contributed by atoms with Gasteiger partial charge in [-0.05, 0) is 18.6 Å². The van der Waals surface area contributed by atoms with Gasteiger partial charge >= 0.3 is 0 Å². The average Bonchev–Trinajstić information content (AvgIpc) is 3.23. The first-order valence-electron chi connectivity index (χ1n) is 7.72. The molecule has 2 heterocycles. The zero-order valence-corrected chi connectivity index (χ0v) is 14.8. The Balaban J connectivity index is 1.72. The molecule has 0 aliphatic rings. The first kappa shape index (κ1) is 16.7. The molecular formula is C17H17ClN4OS. The second kappa shape index (κ2) is 7.59. The Labute approximate surface area is 149 Å². The van der Waals surface area contributed by atoms with E-state index in [1.54, 1.807) is 22.3 Å². The van der Waals surface area contributed by atoms with Gasteiger partial charge in [0.15, 0.2) is 0 Å². The molecule has 3 rings (SSSR count). The molecule has 0 saturated heterocycles. The fourth-order valence-corrected chi connectivity index (χ4v) is 3.14. The molecule has 0 saturated carbocycles. The van der Waals surface area contributed by atoms with Crippen LogP contribution in [0.1, 0.15) is 30.3 Å². The Kier molecular flexibility index (Phi) is 5.27. The predicted molar refractivity (Wildman–Crippen MR) is 97.6 cm³/mol. The monoisotopic (exact) mass is 360 g/mol. The molecule has 5 nitrogen and oxygen atoms in total. The Morgan fingerprint density at radius 2 is 2.08 bits per heavy atom. The van der Waals surface area contributed by atoms with Crippen molar-refractivity contribution in [3.63, 3.8) is 0 Å². The summed E-state index contributed by atoms with van der Waals surface area (Å²) < 4.78 is 1.80. The highest BCUT2D eigenvalue weighted by atomic mass is 35.5. The highest BCUT2D eigenvalue weighted by molar-refractivity contribution is 7.13. The van der Waals surface area contributed by atoms with E-state index in [1.165, 1.54) is 11.3 Å². The molecule has 0 aliphatic heterocycles. The molecule has 1 N–H and O–H groups in total. The molecule has 0 aliphatic carbocycles. The molecule has 124 valence electrons. The molecule has 3 aromatic rings. The van der Waals surface area contributed by atoms with Crippen LogP contribution in [0.3, 0.4) is 0 Å². The van der Waals surface area contributed by atoms with Gasteiger partial charge in [0.05, 0.1) is 6.20 Å². The number of aromatic nitrogens is 3. The second-order valence-corrected chi connectivity index (χ2v) is 6.59. The molecule has 0 atom stereocenters. The first-order chi connectivity index (χ1) is 11.7. The van der Waals surface area contributed by atoms with Crippen molar-refractivity contribution >= 4 is 34.7 Å². The van der Waals surface area contributed by atoms with Crippen LogP contribution in [0.4, 0.5) is 5.82 Å². The Morgan fingerprint density at radius 3 is 2.83 bits per heavy atom. The zero-order chi connectivity index (χ0) is 16.9. The Hall–Kier alpha value is -2.18. The van der Waals surface area contributed by atoms with Gasteiger partial charge in [0.25, 0.3) is 5.91 Å². The number of thiazole rings is 1. The van der Waals surface area contributed by atoms with Crippen LogP contribution < -0.4 is 5.32 Å². The molecule has 24 heavy (non-hydrogen) atoms. The van der Waals surface area contributed by atoms with Crippen molar-refractivity contribution in [3.8, 4) is 10.6 Å². The summed E-state index contributed by atoms with van der Waals surface area (Å²) in [5, 5.41) is 10.3. The molecule has 1 amide bonds. The van der Waals surface area contributed by atoms with Gasteiger partial charge in [0.1, 0.15) is 16.5 Å². The van der Waals surface area contributed by atoms with Gasteiger partial charge in [-0.3, -0.25) is 4.79 Å². The van der Waals surface area contributed by atoms with Gasteiger partial charge in [0.2, 0.25) is 0 Å². The lowest BCUT2D eigenvalue weighted by atomic mass is 10.2. The lowest BCUT2D eigenvalue weighted by molar-refractivity contribution is 0.102. The van der Waals surface area contributed by atoms with Crippen molar-refractivity contribution < 1.29 is 4.79 Å². The number of anilines is 1. The summed E-state index contributed by atoms with van der Waals surface area (Å²) in [6.45, 7) is 2.90. The summed E-state index contributed by atoms with van der Waals surface area (Å²) in [6.07, 6.45) is 3.78. The fourth-order valence-electron chi connectivity index (χ4n) is 2.21. The summed E-state index contributed by atoms with van der Waals surface area (Å²) in [5.41, 5.74) is 1.34. The van der Waals surface area contributed by atoms with E-state index < -0.39 is 0 Å². The van der Waals surface area contributed by atoms with Crippen LogP contribution in [0.25, 0.3) is 10.6 Å². The number of carbonyl (C=O) groups excluding carboxylic acids is 1. The summed E-state index contributed by atoms with van der Waals surface area (Å²) in [4.78, 5) is 16.8. The molecule has 0 spiro atoms. The van der Waals surface area contributed by atoms with Crippen LogP contribution in [0.5, 0.6) is 0 Å². The van der Waals surface area contributed by atoms with Crippen molar-refractivity contribution in [2.24, 2.45) is 0 Å². The minimum atomic E-state index is -0.232. The number of rotatable bonds is 6. The third-order valence-electron chi connectivity index (χ3n) is 3.51. The maximum absolute atomic E-state index is 12.4. The van der Waals surface area contributed by atoms with Gasteiger partial charge in [-0.1, -0.05) is 37.1 Å². The van der Waals surface area contributed by atoms with Crippen LogP contribution >= 0.6 is 22.9 Å². The van der Waals surface area contributed by atoms with E-state index in [2.05, 4.69) is 22.3 Å². The van der Waals surface area contributed by atoms with E-state index in [0.29, 0.717) is 16.5 Å². The molecule has 7 heteroatoms. The van der Waals surface area contributed by atoms with Gasteiger partial charge in [-0.2, -0.15) is 5.10 Å². The Morgan fingerprint density at radius 1 is 1.29 bits per heavy atom. The van der Waals surface area contributed by atoms with Crippen LogP contribution in [0, 0.1) is 0 Å². The molecule has 0 fully saturated rings. The van der Waals surface area contributed by atoms with Gasteiger partial charge in [-0.15, -0.1) is 11.3 Å². The second-order valence-electron chi connectivity index (χ2n) is 5.29. The summed E-state index contributed by atoms with van der Waals surface area (Å²) >= 11 is 7.33. The summed E-state index contributed by atoms with van der Waals surface area (Å²) in [7, 11) is 0. The van der Waals surface area contributed by atoms with Crippen LogP contribution in [0.15, 0.2) is 41.9 Å². The molecule has 1 aromatic carbocycles. The molecule has 2 aromatic heterocycles. The maximum Gasteiger partial charge on any atom is 0.276 e. The first-order valence-corrected chi connectivity index (χ1v) is 8.97. The van der Waals surface area contributed by atoms with E-state index in [-0.39, 0.29) is 5.91 Å². The lowest BCUT2D eigenvalue weighted by Gasteiger charge is -2.07. The molecule has 0 bridgehead atoms. The minimum Gasteiger partial charge on any atom is -0.305 e. The third kappa shape index (κ3) is 3.83. The van der Waals surface area contributed by atoms with E-state index in [4.69, 9.17) is 11.6 Å². The quantitative estimate of drug-likeness (QED) is 0.692. The smallest absolute Gasteiger partial charge is 0.276 e. The number of amides is 1. The number of nitrogens with one attached hydrogen (secondary N) is 1. The van der Waals surface area contributed by atoms with Crippen molar-refractivity contribution in [1.82, 2.24) is 14.8 Å². The van der Waals surface area contributed by atoms with Gasteiger partial charge in [-0.25, -0.2) is 9.67 Å². The summed E-state index contributed by atoms with van der Waals surface area (Å²) in [5.74, 6) is 0.458. The van der Waals surface area contributed by atoms with Crippen LogP contribution in [0.2, 0.25) is 5.02 Å². The molecule has 0 radical (unpaired) electrons. The lowest BCUT2D eigenvalue weighted by Crippen LogP contribution is -2.16. The topological polar surface area (TPSA) is 59.8 Å². The van der Waals surface area contributed by atoms with Gasteiger partial charge in [0, 0.05) is 28.6 Å². The SMILES string of the molecule is CCCCn1nccc1NC(=O)c1csc(-c2ccc(Cl)cc2)n1. The minimum absolute atomic E-state index is 0.232. The van der Waals surface area contributed by atoms with Crippen molar-refractivity contribution in [3.05, 3.63) is 52.6 Å². The van der Waals surface area contributed by atoms with E-state index >= 15 is 0 Å². The van der Waals surface area contributed by atoms with Crippen molar-refractivity contribution in [2.75, 3.05) is 5.32 Å². The number of hydrogen-bond acceptors (Lipinski definition) is 4. The number of unbranched alkanes of at least 4 members (excludes halogenated alkanes) is 1. The van der Waals surface area contributed by atoms with E-state index in [0.717, 1.165) is 30.0 Å². The number of halogens is 1. The average molecular weight is 361 g/mol. The Bertz CT molecular complexity index is 825. The normalized spacial score (nSPS) is 10.8. The number of hydrogen-bond donors (Lipinski definition) is 1. The maximum atomic E-state index is 12.4. The van der Waals surface area contributed by atoms with Crippen molar-refractivity contribution in [1.29, 1.82) is 0 Å². The van der Waals surface area contributed by atoms with E-state index in [9.17, 15) is 4.79 Å². The third-order valence-corrected chi connectivity index (χ3v) is 4.65. The largest absolute Gasteiger partial charge is 0.305 e. The van der Waals surface area contributed by atoms with Gasteiger partial charge < -0.3 is 5.32 Å². The molecular weight excluding hydrogens is 344 g/mol. The summed E-state index contributed by atoms with van der Waals surface area (Å²) in [6, 6.07) is 9.19. The fraction of sp³-hybridized carbons (Fsp3) is 0.235. The standard InChI is InChI=1S/C17H17ClN4OS/c1-2-3-10-22-15(8-9-19-22)21-16(23)14-11-24-17(20-14)12-4-6-13(18)7-5-12/h4-9,11H,2-3,10H2,1H3,(H,21,23). The van der Waals surface area contributed by atoms with Crippen LogP contribution in [-0.2, 0) is 6.54 Å².